The lowest BCUT2D eigenvalue weighted by Gasteiger charge is -2.38. The van der Waals surface area contributed by atoms with E-state index in [0.717, 1.165) is 23.6 Å². The number of aliphatic carboxylic acids is 1. The Kier molecular flexibility index (Phi) is 7.48. The number of piperidine rings is 1. The number of carboxylic acids is 1. The van der Waals surface area contributed by atoms with Crippen molar-refractivity contribution in [1.82, 2.24) is 0 Å². The van der Waals surface area contributed by atoms with Crippen LogP contribution in [0.25, 0.3) is 0 Å². The number of carboxylic acid groups (broad SMARTS) is 1. The van der Waals surface area contributed by atoms with Gasteiger partial charge in [0.15, 0.2) is 0 Å². The molecule has 1 N–H and O–H groups in total. The summed E-state index contributed by atoms with van der Waals surface area (Å²) >= 11 is 0. The maximum Gasteiger partial charge on any atom is 0.305 e. The first-order chi connectivity index (χ1) is 16.8. The molecule has 1 fully saturated rings. The van der Waals surface area contributed by atoms with Crippen LogP contribution in [0.5, 0.6) is 11.5 Å². The Hall–Kier alpha value is -3.29. The number of anilines is 2. The van der Waals surface area contributed by atoms with Crippen LogP contribution in [0, 0.1) is 17.7 Å². The van der Waals surface area contributed by atoms with Crippen LogP contribution in [-0.4, -0.2) is 48.6 Å². The van der Waals surface area contributed by atoms with Crippen molar-refractivity contribution in [2.45, 2.75) is 52.7 Å². The van der Waals surface area contributed by atoms with E-state index < -0.39 is 5.97 Å². The van der Waals surface area contributed by atoms with Crippen molar-refractivity contribution in [1.29, 1.82) is 0 Å². The molecule has 8 heteroatoms. The molecule has 4 unspecified atom stereocenters. The number of halogens is 1. The first-order valence-corrected chi connectivity index (χ1v) is 12.3. The van der Waals surface area contributed by atoms with Gasteiger partial charge in [-0.25, -0.2) is 4.39 Å². The van der Waals surface area contributed by atoms with E-state index in [1.165, 1.54) is 6.07 Å². The molecule has 0 saturated carbocycles. The number of carbonyl (C=O) groups is 1. The van der Waals surface area contributed by atoms with Gasteiger partial charge in [-0.1, -0.05) is 13.8 Å². The monoisotopic (exact) mass is 483 g/mol. The fraction of sp³-hybridized carbons (Fsp3) is 0.481. The lowest BCUT2D eigenvalue weighted by atomic mass is 9.95. The predicted octanol–water partition coefficient (Wildman–Crippen LogP) is 5.19. The van der Waals surface area contributed by atoms with Gasteiger partial charge in [0, 0.05) is 43.1 Å². The SMILES string of the molecule is CCOc1ccc(F)c(N2CCC(Oc3ccc(N4N=C(C)C(C)C4CC(=O)O)cc3)C(C)C2)c1. The predicted molar refractivity (Wildman–Crippen MR) is 135 cm³/mol. The molecular weight excluding hydrogens is 449 g/mol. The summed E-state index contributed by atoms with van der Waals surface area (Å²) in [4.78, 5) is 13.4. The summed E-state index contributed by atoms with van der Waals surface area (Å²) in [6, 6.07) is 12.3. The van der Waals surface area contributed by atoms with Crippen molar-refractivity contribution in [3.05, 3.63) is 48.3 Å². The average molecular weight is 484 g/mol. The second-order valence-electron chi connectivity index (χ2n) is 9.45. The van der Waals surface area contributed by atoms with Crippen molar-refractivity contribution in [3.63, 3.8) is 0 Å². The topological polar surface area (TPSA) is 74.6 Å². The zero-order valence-corrected chi connectivity index (χ0v) is 20.8. The Morgan fingerprint density at radius 1 is 1.17 bits per heavy atom. The van der Waals surface area contributed by atoms with Crippen molar-refractivity contribution < 1.29 is 23.8 Å². The standard InChI is InChI=1S/C27H34FN3O4/c1-5-34-22-10-11-23(28)25(14-22)30-13-12-26(17(2)16-30)35-21-8-6-20(7-9-21)31-24(15-27(32)33)18(3)19(4)29-31/h6-11,14,17-18,24,26H,5,12-13,15-16H2,1-4H3,(H,32,33). The maximum atomic E-state index is 14.5. The average Bonchev–Trinajstić information content (AvgIpc) is 3.10. The summed E-state index contributed by atoms with van der Waals surface area (Å²) in [6.07, 6.45) is 0.821. The summed E-state index contributed by atoms with van der Waals surface area (Å²) in [5.74, 6) is 0.628. The smallest absolute Gasteiger partial charge is 0.305 e. The third-order valence-corrected chi connectivity index (χ3v) is 6.98. The van der Waals surface area contributed by atoms with Gasteiger partial charge in [0.1, 0.15) is 23.4 Å². The van der Waals surface area contributed by atoms with Crippen LogP contribution in [0.4, 0.5) is 15.8 Å². The fourth-order valence-electron chi connectivity index (χ4n) is 4.88. The molecule has 2 aromatic rings. The molecule has 0 aliphatic carbocycles. The third-order valence-electron chi connectivity index (χ3n) is 6.98. The molecular formula is C27H34FN3O4. The Morgan fingerprint density at radius 2 is 1.89 bits per heavy atom. The van der Waals surface area contributed by atoms with Gasteiger partial charge < -0.3 is 19.5 Å². The molecule has 1 saturated heterocycles. The number of hydrogen-bond acceptors (Lipinski definition) is 6. The van der Waals surface area contributed by atoms with Crippen LogP contribution < -0.4 is 19.4 Å². The lowest BCUT2D eigenvalue weighted by molar-refractivity contribution is -0.137. The molecule has 2 aromatic carbocycles. The molecule has 4 atom stereocenters. The molecule has 0 amide bonds. The summed E-state index contributed by atoms with van der Waals surface area (Å²) < 4.78 is 26.3. The van der Waals surface area contributed by atoms with E-state index in [1.54, 1.807) is 12.1 Å². The first kappa shape index (κ1) is 24.8. The summed E-state index contributed by atoms with van der Waals surface area (Å²) in [7, 11) is 0. The molecule has 0 spiro atoms. The van der Waals surface area contributed by atoms with E-state index >= 15 is 0 Å². The van der Waals surface area contributed by atoms with Gasteiger partial charge in [-0.2, -0.15) is 5.10 Å². The van der Waals surface area contributed by atoms with Gasteiger partial charge in [-0.15, -0.1) is 0 Å². The van der Waals surface area contributed by atoms with Gasteiger partial charge in [-0.3, -0.25) is 9.80 Å². The zero-order chi connectivity index (χ0) is 25.1. The van der Waals surface area contributed by atoms with Gasteiger partial charge in [-0.05, 0) is 50.2 Å². The Labute approximate surface area is 206 Å². The summed E-state index contributed by atoms with van der Waals surface area (Å²) in [5.41, 5.74) is 2.34. The maximum absolute atomic E-state index is 14.5. The summed E-state index contributed by atoms with van der Waals surface area (Å²) in [5, 5.41) is 15.7. The van der Waals surface area contributed by atoms with E-state index in [9.17, 15) is 14.3 Å². The lowest BCUT2D eigenvalue weighted by Crippen LogP contribution is -2.44. The highest BCUT2D eigenvalue weighted by Gasteiger charge is 2.35. The Bertz CT molecular complexity index is 1070. The number of benzene rings is 2. The number of nitrogens with zero attached hydrogens (tertiary/aromatic N) is 3. The van der Waals surface area contributed by atoms with E-state index in [1.807, 2.05) is 50.0 Å². The Morgan fingerprint density at radius 3 is 2.54 bits per heavy atom. The second-order valence-corrected chi connectivity index (χ2v) is 9.45. The van der Waals surface area contributed by atoms with Gasteiger partial charge in [0.2, 0.25) is 0 Å². The zero-order valence-electron chi connectivity index (χ0n) is 20.8. The minimum Gasteiger partial charge on any atom is -0.494 e. The minimum absolute atomic E-state index is 0.0158. The van der Waals surface area contributed by atoms with Crippen molar-refractivity contribution >= 4 is 23.1 Å². The molecule has 0 aromatic heterocycles. The summed E-state index contributed by atoms with van der Waals surface area (Å²) in [6.45, 7) is 9.89. The van der Waals surface area contributed by atoms with Crippen LogP contribution in [0.15, 0.2) is 47.6 Å². The Balaban J connectivity index is 1.39. The number of ether oxygens (including phenoxy) is 2. The first-order valence-electron chi connectivity index (χ1n) is 12.3. The highest BCUT2D eigenvalue weighted by molar-refractivity contribution is 5.89. The van der Waals surface area contributed by atoms with Gasteiger partial charge in [0.25, 0.3) is 0 Å². The van der Waals surface area contributed by atoms with Crippen LogP contribution >= 0.6 is 0 Å². The van der Waals surface area contributed by atoms with Gasteiger partial charge >= 0.3 is 5.97 Å². The highest BCUT2D eigenvalue weighted by Crippen LogP contribution is 2.33. The quantitative estimate of drug-likeness (QED) is 0.557. The van der Waals surface area contributed by atoms with Crippen LogP contribution in [0.3, 0.4) is 0 Å². The molecule has 2 aliphatic rings. The van der Waals surface area contributed by atoms with E-state index in [-0.39, 0.29) is 36.2 Å². The molecule has 35 heavy (non-hydrogen) atoms. The molecule has 0 radical (unpaired) electrons. The van der Waals surface area contributed by atoms with E-state index in [4.69, 9.17) is 9.47 Å². The molecule has 7 nitrogen and oxygen atoms in total. The van der Waals surface area contributed by atoms with Crippen molar-refractivity contribution in [2.24, 2.45) is 16.9 Å². The largest absolute Gasteiger partial charge is 0.494 e. The highest BCUT2D eigenvalue weighted by atomic mass is 19.1. The van der Waals surface area contributed by atoms with Crippen LogP contribution in [0.1, 0.15) is 40.5 Å². The molecule has 188 valence electrons. The van der Waals surface area contributed by atoms with Crippen molar-refractivity contribution in [3.8, 4) is 11.5 Å². The van der Waals surface area contributed by atoms with Crippen molar-refractivity contribution in [2.75, 3.05) is 29.6 Å². The minimum atomic E-state index is -0.832. The fourth-order valence-corrected chi connectivity index (χ4v) is 4.88. The number of hydrazone groups is 1. The van der Waals surface area contributed by atoms with Crippen LogP contribution in [0.2, 0.25) is 0 Å². The third kappa shape index (κ3) is 5.52. The molecule has 2 heterocycles. The van der Waals surface area contributed by atoms with Crippen LogP contribution in [-0.2, 0) is 4.79 Å². The van der Waals surface area contributed by atoms with E-state index in [2.05, 4.69) is 16.9 Å². The molecule has 4 rings (SSSR count). The second kappa shape index (κ2) is 10.5. The number of hydrogen-bond donors (Lipinski definition) is 1. The normalized spacial score (nSPS) is 24.3. The van der Waals surface area contributed by atoms with Gasteiger partial charge in [0.05, 0.1) is 30.4 Å². The molecule has 2 aliphatic heterocycles. The number of rotatable bonds is 8. The van der Waals surface area contributed by atoms with E-state index in [0.29, 0.717) is 31.1 Å². The molecule has 0 bridgehead atoms.